The average Bonchev–Trinajstić information content (AvgIpc) is 2.30. The zero-order chi connectivity index (χ0) is 11.8. The Morgan fingerprint density at radius 2 is 1.62 bits per heavy atom. The molecular formula is C15H19Si. The molecule has 1 radical (unpaired) electrons. The van der Waals surface area contributed by atoms with Crippen molar-refractivity contribution in [1.82, 2.24) is 0 Å². The third kappa shape index (κ3) is 3.67. The van der Waals surface area contributed by atoms with E-state index in [1.165, 1.54) is 17.2 Å². The highest BCUT2D eigenvalue weighted by molar-refractivity contribution is 6.59. The highest BCUT2D eigenvalue weighted by Gasteiger charge is 2.10. The Kier molecular flexibility index (Phi) is 5.58. The second kappa shape index (κ2) is 7.02. The standard InChI is InChI=1S/C15H19Si/c1-4-11-16(12-5-2)13-15-10-8-7-9-14(15)6-3/h4-10H,1-3,11-13H2. The number of hydrogen-bond acceptors (Lipinski definition) is 0. The van der Waals surface area contributed by atoms with Gasteiger partial charge in [0.05, 0.1) is 8.80 Å². The van der Waals surface area contributed by atoms with Gasteiger partial charge < -0.3 is 0 Å². The summed E-state index contributed by atoms with van der Waals surface area (Å²) in [6.07, 6.45) is 6.01. The molecule has 1 rings (SSSR count). The topological polar surface area (TPSA) is 0 Å². The smallest absolute Gasteiger partial charge is 0.0604 e. The minimum Gasteiger partial charge on any atom is -0.103 e. The summed E-state index contributed by atoms with van der Waals surface area (Å²) in [5.74, 6) is 0. The number of hydrogen-bond donors (Lipinski definition) is 0. The molecule has 0 saturated heterocycles. The van der Waals surface area contributed by atoms with Crippen molar-refractivity contribution in [2.24, 2.45) is 0 Å². The molecule has 1 aromatic rings. The molecule has 0 bridgehead atoms. The van der Waals surface area contributed by atoms with E-state index in [4.69, 9.17) is 0 Å². The summed E-state index contributed by atoms with van der Waals surface area (Å²) in [4.78, 5) is 0. The van der Waals surface area contributed by atoms with Crippen LogP contribution in [-0.4, -0.2) is 8.80 Å². The van der Waals surface area contributed by atoms with Crippen molar-refractivity contribution in [2.75, 3.05) is 0 Å². The van der Waals surface area contributed by atoms with Crippen LogP contribution in [0.5, 0.6) is 0 Å². The van der Waals surface area contributed by atoms with Crippen LogP contribution in [0, 0.1) is 0 Å². The van der Waals surface area contributed by atoms with Gasteiger partial charge in [-0.15, -0.1) is 13.2 Å². The first kappa shape index (κ1) is 12.7. The maximum atomic E-state index is 3.86. The Balaban J connectivity index is 2.78. The van der Waals surface area contributed by atoms with E-state index in [-0.39, 0.29) is 0 Å². The maximum absolute atomic E-state index is 3.86. The predicted molar refractivity (Wildman–Crippen MR) is 76.0 cm³/mol. The van der Waals surface area contributed by atoms with Crippen molar-refractivity contribution in [2.45, 2.75) is 18.1 Å². The van der Waals surface area contributed by atoms with Gasteiger partial charge in [-0.25, -0.2) is 0 Å². The second-order valence-corrected chi connectivity index (χ2v) is 6.49. The molecule has 0 aromatic heterocycles. The zero-order valence-corrected chi connectivity index (χ0v) is 10.8. The third-order valence-corrected chi connectivity index (χ3v) is 5.19. The van der Waals surface area contributed by atoms with Crippen LogP contribution in [0.15, 0.2) is 56.2 Å². The van der Waals surface area contributed by atoms with Crippen molar-refractivity contribution >= 4 is 14.9 Å². The van der Waals surface area contributed by atoms with Gasteiger partial charge >= 0.3 is 0 Å². The van der Waals surface area contributed by atoms with Gasteiger partial charge in [0, 0.05) is 0 Å². The van der Waals surface area contributed by atoms with Gasteiger partial charge in [0.15, 0.2) is 0 Å². The molecule has 83 valence electrons. The highest BCUT2D eigenvalue weighted by Crippen LogP contribution is 2.15. The van der Waals surface area contributed by atoms with Crippen molar-refractivity contribution in [1.29, 1.82) is 0 Å². The summed E-state index contributed by atoms with van der Waals surface area (Å²) >= 11 is 0. The Hall–Kier alpha value is -1.34. The third-order valence-electron chi connectivity index (χ3n) is 2.58. The minimum absolute atomic E-state index is 0.415. The molecule has 0 heterocycles. The van der Waals surface area contributed by atoms with E-state index in [9.17, 15) is 0 Å². The molecule has 0 saturated carbocycles. The average molecular weight is 227 g/mol. The Morgan fingerprint density at radius 1 is 1.00 bits per heavy atom. The fourth-order valence-corrected chi connectivity index (χ4v) is 3.93. The fourth-order valence-electron chi connectivity index (χ4n) is 1.80. The quantitative estimate of drug-likeness (QED) is 0.482. The Labute approximate surface area is 101 Å². The van der Waals surface area contributed by atoms with E-state index in [0.717, 1.165) is 12.1 Å². The van der Waals surface area contributed by atoms with Crippen LogP contribution in [0.3, 0.4) is 0 Å². The van der Waals surface area contributed by atoms with Crippen LogP contribution in [0.25, 0.3) is 6.08 Å². The van der Waals surface area contributed by atoms with Gasteiger partial charge in [-0.05, 0) is 29.3 Å². The maximum Gasteiger partial charge on any atom is 0.0604 e. The van der Waals surface area contributed by atoms with E-state index in [2.05, 4.69) is 44.0 Å². The van der Waals surface area contributed by atoms with Crippen LogP contribution in [0.4, 0.5) is 0 Å². The van der Waals surface area contributed by atoms with Crippen molar-refractivity contribution in [3.63, 3.8) is 0 Å². The fraction of sp³-hybridized carbons (Fsp3) is 0.200. The van der Waals surface area contributed by atoms with Gasteiger partial charge in [0.2, 0.25) is 0 Å². The van der Waals surface area contributed by atoms with Crippen LogP contribution in [0.1, 0.15) is 11.1 Å². The molecule has 1 aromatic carbocycles. The molecule has 0 aliphatic rings. The molecule has 0 fully saturated rings. The van der Waals surface area contributed by atoms with E-state index in [1.54, 1.807) is 0 Å². The SMILES string of the molecule is C=CC[Si](CC=C)Cc1ccccc1C=C. The van der Waals surface area contributed by atoms with E-state index in [1.807, 2.05) is 18.2 Å². The molecular weight excluding hydrogens is 208 g/mol. The monoisotopic (exact) mass is 227 g/mol. The Bertz CT molecular complexity index is 355. The summed E-state index contributed by atoms with van der Waals surface area (Å²) in [6, 6.07) is 11.9. The molecule has 1 heteroatoms. The van der Waals surface area contributed by atoms with Crippen LogP contribution >= 0.6 is 0 Å². The lowest BCUT2D eigenvalue weighted by Crippen LogP contribution is -2.15. The second-order valence-electron chi connectivity index (χ2n) is 3.82. The van der Waals surface area contributed by atoms with Crippen LogP contribution < -0.4 is 0 Å². The zero-order valence-electron chi connectivity index (χ0n) is 9.78. The lowest BCUT2D eigenvalue weighted by atomic mass is 10.1. The largest absolute Gasteiger partial charge is 0.103 e. The summed E-state index contributed by atoms with van der Waals surface area (Å²) < 4.78 is 0. The highest BCUT2D eigenvalue weighted by atomic mass is 28.3. The normalized spacial score (nSPS) is 10.1. The molecule has 0 unspecified atom stereocenters. The van der Waals surface area contributed by atoms with Crippen molar-refractivity contribution in [3.8, 4) is 0 Å². The van der Waals surface area contributed by atoms with Crippen LogP contribution in [0.2, 0.25) is 12.1 Å². The number of rotatable bonds is 7. The first-order chi connectivity index (χ1) is 7.81. The number of benzene rings is 1. The Morgan fingerprint density at radius 3 is 2.19 bits per heavy atom. The molecule has 0 aliphatic heterocycles. The molecule has 0 aliphatic carbocycles. The van der Waals surface area contributed by atoms with Crippen molar-refractivity contribution in [3.05, 3.63) is 67.3 Å². The minimum atomic E-state index is -0.415. The molecule has 0 N–H and O–H groups in total. The lowest BCUT2D eigenvalue weighted by Gasteiger charge is -2.12. The summed E-state index contributed by atoms with van der Waals surface area (Å²) in [6.45, 7) is 11.5. The summed E-state index contributed by atoms with van der Waals surface area (Å²) in [7, 11) is -0.415. The van der Waals surface area contributed by atoms with E-state index < -0.39 is 8.80 Å². The van der Waals surface area contributed by atoms with Crippen LogP contribution in [-0.2, 0) is 6.04 Å². The van der Waals surface area contributed by atoms with Gasteiger partial charge in [-0.3, -0.25) is 0 Å². The molecule has 0 amide bonds. The molecule has 0 atom stereocenters. The van der Waals surface area contributed by atoms with E-state index in [0.29, 0.717) is 0 Å². The predicted octanol–water partition coefficient (Wildman–Crippen LogP) is 4.28. The van der Waals surface area contributed by atoms with Gasteiger partial charge in [0.25, 0.3) is 0 Å². The molecule has 0 nitrogen and oxygen atoms in total. The first-order valence-corrected chi connectivity index (χ1v) is 7.69. The van der Waals surface area contributed by atoms with Gasteiger partial charge in [-0.1, -0.05) is 49.1 Å². The van der Waals surface area contributed by atoms with Gasteiger partial charge in [-0.2, -0.15) is 0 Å². The summed E-state index contributed by atoms with van der Waals surface area (Å²) in [5, 5.41) is 0. The first-order valence-electron chi connectivity index (χ1n) is 5.57. The lowest BCUT2D eigenvalue weighted by molar-refractivity contribution is 1.29. The van der Waals surface area contributed by atoms with Gasteiger partial charge in [0.1, 0.15) is 0 Å². The van der Waals surface area contributed by atoms with E-state index >= 15 is 0 Å². The summed E-state index contributed by atoms with van der Waals surface area (Å²) in [5.41, 5.74) is 2.67. The molecule has 16 heavy (non-hydrogen) atoms. The molecule has 0 spiro atoms. The number of allylic oxidation sites excluding steroid dienone is 2. The van der Waals surface area contributed by atoms with Crippen molar-refractivity contribution < 1.29 is 0 Å².